The Morgan fingerprint density at radius 3 is 2.62 bits per heavy atom. The number of anilines is 1. The van der Waals surface area contributed by atoms with Crippen molar-refractivity contribution in [3.8, 4) is 0 Å². The molecule has 1 heterocycles. The van der Waals surface area contributed by atoms with Crippen LogP contribution >= 0.6 is 0 Å². The molecule has 1 rings (SSSR count). The van der Waals surface area contributed by atoms with Crippen molar-refractivity contribution in [3.05, 3.63) is 23.9 Å². The van der Waals surface area contributed by atoms with Crippen molar-refractivity contribution < 1.29 is 9.90 Å². The lowest BCUT2D eigenvalue weighted by Crippen LogP contribution is -2.27. The summed E-state index contributed by atoms with van der Waals surface area (Å²) in [5, 5.41) is 9.10. The van der Waals surface area contributed by atoms with E-state index in [1.165, 1.54) is 0 Å². The Hall–Kier alpha value is -1.58. The van der Waals surface area contributed by atoms with Crippen molar-refractivity contribution in [2.75, 3.05) is 19.0 Å². The van der Waals surface area contributed by atoms with Crippen molar-refractivity contribution >= 4 is 11.8 Å². The molecule has 4 heteroatoms. The van der Waals surface area contributed by atoms with Crippen LogP contribution in [0.15, 0.2) is 18.3 Å². The monoisotopic (exact) mass is 222 g/mol. The third-order valence-corrected chi connectivity index (χ3v) is 2.50. The van der Waals surface area contributed by atoms with Crippen LogP contribution in [0.5, 0.6) is 0 Å². The summed E-state index contributed by atoms with van der Waals surface area (Å²) in [4.78, 5) is 17.2. The van der Waals surface area contributed by atoms with Gasteiger partial charge in [-0.05, 0) is 31.9 Å². The molecule has 0 saturated heterocycles. The number of rotatable bonds is 4. The van der Waals surface area contributed by atoms with E-state index in [1.54, 1.807) is 20.0 Å². The number of pyridine rings is 1. The molecule has 16 heavy (non-hydrogen) atoms. The van der Waals surface area contributed by atoms with E-state index in [1.807, 2.05) is 31.1 Å². The minimum Gasteiger partial charge on any atom is -0.481 e. The lowest BCUT2D eigenvalue weighted by atomic mass is 9.86. The van der Waals surface area contributed by atoms with Crippen molar-refractivity contribution in [1.82, 2.24) is 4.98 Å². The molecule has 0 bridgehead atoms. The summed E-state index contributed by atoms with van der Waals surface area (Å²) in [6, 6.07) is 3.76. The summed E-state index contributed by atoms with van der Waals surface area (Å²) in [5.41, 5.74) is 0.188. The van der Waals surface area contributed by atoms with Crippen LogP contribution in [0.25, 0.3) is 0 Å². The number of aliphatic carboxylic acids is 1. The highest BCUT2D eigenvalue weighted by Crippen LogP contribution is 2.26. The molecule has 0 atom stereocenters. The second kappa shape index (κ2) is 4.51. The Morgan fingerprint density at radius 2 is 2.12 bits per heavy atom. The van der Waals surface area contributed by atoms with Gasteiger partial charge in [0, 0.05) is 20.3 Å². The summed E-state index contributed by atoms with van der Waals surface area (Å²) in [7, 11) is 3.80. The first-order chi connectivity index (χ1) is 7.34. The Kier molecular flexibility index (Phi) is 3.52. The van der Waals surface area contributed by atoms with E-state index >= 15 is 0 Å². The summed E-state index contributed by atoms with van der Waals surface area (Å²) in [6.07, 6.45) is 2.19. The molecule has 1 aromatic heterocycles. The van der Waals surface area contributed by atoms with Crippen LogP contribution in [0.4, 0.5) is 5.82 Å². The van der Waals surface area contributed by atoms with Crippen LogP contribution < -0.4 is 4.90 Å². The van der Waals surface area contributed by atoms with Crippen molar-refractivity contribution in [1.29, 1.82) is 0 Å². The minimum atomic E-state index is -0.791. The van der Waals surface area contributed by atoms with E-state index in [0.717, 1.165) is 11.4 Å². The third-order valence-electron chi connectivity index (χ3n) is 2.50. The number of aromatic nitrogens is 1. The number of carboxylic acid groups (broad SMARTS) is 1. The van der Waals surface area contributed by atoms with Gasteiger partial charge in [0.25, 0.3) is 0 Å². The van der Waals surface area contributed by atoms with E-state index in [-0.39, 0.29) is 0 Å². The molecule has 0 spiro atoms. The molecule has 88 valence electrons. The first kappa shape index (κ1) is 12.5. The largest absolute Gasteiger partial charge is 0.481 e. The van der Waals surface area contributed by atoms with Gasteiger partial charge in [0.15, 0.2) is 0 Å². The predicted molar refractivity (Wildman–Crippen MR) is 63.7 cm³/mol. The van der Waals surface area contributed by atoms with Gasteiger partial charge in [-0.2, -0.15) is 0 Å². The normalized spacial score (nSPS) is 11.2. The Balaban J connectivity index is 3.01. The molecule has 0 aliphatic rings. The maximum Gasteiger partial charge on any atom is 0.309 e. The smallest absolute Gasteiger partial charge is 0.309 e. The van der Waals surface area contributed by atoms with Crippen LogP contribution in [-0.2, 0) is 11.2 Å². The number of hydrogen-bond donors (Lipinski definition) is 1. The molecule has 1 N–H and O–H groups in total. The van der Waals surface area contributed by atoms with Crippen molar-refractivity contribution in [3.63, 3.8) is 0 Å². The van der Waals surface area contributed by atoms with Gasteiger partial charge in [-0.1, -0.05) is 6.07 Å². The van der Waals surface area contributed by atoms with Crippen molar-refractivity contribution in [2.45, 2.75) is 20.3 Å². The molecule has 1 aromatic rings. The predicted octanol–water partition coefficient (Wildman–Crippen LogP) is 1.80. The molecule has 0 amide bonds. The minimum absolute atomic E-state index is 0.476. The molecule has 0 aliphatic heterocycles. The Morgan fingerprint density at radius 1 is 1.50 bits per heavy atom. The molecule has 0 fully saturated rings. The van der Waals surface area contributed by atoms with Crippen LogP contribution in [0.3, 0.4) is 0 Å². The molecule has 0 aromatic carbocycles. The van der Waals surface area contributed by atoms with Gasteiger partial charge in [0.1, 0.15) is 5.82 Å². The summed E-state index contributed by atoms with van der Waals surface area (Å²) < 4.78 is 0. The Labute approximate surface area is 95.9 Å². The van der Waals surface area contributed by atoms with E-state index in [2.05, 4.69) is 4.98 Å². The van der Waals surface area contributed by atoms with E-state index in [0.29, 0.717) is 6.42 Å². The molecule has 0 unspecified atom stereocenters. The van der Waals surface area contributed by atoms with Crippen LogP contribution in [0.1, 0.15) is 19.4 Å². The summed E-state index contributed by atoms with van der Waals surface area (Å²) >= 11 is 0. The van der Waals surface area contributed by atoms with Crippen LogP contribution in [0.2, 0.25) is 0 Å². The van der Waals surface area contributed by atoms with Crippen LogP contribution in [0, 0.1) is 5.41 Å². The average molecular weight is 222 g/mol. The SMILES string of the molecule is CN(C)c1ncccc1CC(C)(C)C(=O)O. The molecule has 0 aliphatic carbocycles. The second-order valence-electron chi connectivity index (χ2n) is 4.75. The highest BCUT2D eigenvalue weighted by atomic mass is 16.4. The number of nitrogens with zero attached hydrogens (tertiary/aromatic N) is 2. The zero-order valence-electron chi connectivity index (χ0n) is 10.2. The zero-order chi connectivity index (χ0) is 12.3. The number of carboxylic acids is 1. The first-order valence-corrected chi connectivity index (χ1v) is 5.19. The maximum atomic E-state index is 11.1. The number of carbonyl (C=O) groups is 1. The van der Waals surface area contributed by atoms with Gasteiger partial charge >= 0.3 is 5.97 Å². The lowest BCUT2D eigenvalue weighted by Gasteiger charge is -2.22. The first-order valence-electron chi connectivity index (χ1n) is 5.19. The third kappa shape index (κ3) is 2.72. The van der Waals surface area contributed by atoms with E-state index < -0.39 is 11.4 Å². The fourth-order valence-corrected chi connectivity index (χ4v) is 1.52. The van der Waals surface area contributed by atoms with Gasteiger partial charge in [0.2, 0.25) is 0 Å². The summed E-state index contributed by atoms with van der Waals surface area (Å²) in [6.45, 7) is 3.45. The highest BCUT2D eigenvalue weighted by molar-refractivity contribution is 5.74. The summed E-state index contributed by atoms with van der Waals surface area (Å²) in [5.74, 6) is 0.0397. The van der Waals surface area contributed by atoms with Gasteiger partial charge < -0.3 is 10.0 Å². The van der Waals surface area contributed by atoms with E-state index in [9.17, 15) is 4.79 Å². The average Bonchev–Trinajstić information content (AvgIpc) is 2.17. The van der Waals surface area contributed by atoms with Crippen molar-refractivity contribution in [2.24, 2.45) is 5.41 Å². The second-order valence-corrected chi connectivity index (χ2v) is 4.75. The quantitative estimate of drug-likeness (QED) is 0.844. The fraction of sp³-hybridized carbons (Fsp3) is 0.500. The maximum absolute atomic E-state index is 11.1. The van der Waals surface area contributed by atoms with Gasteiger partial charge in [-0.25, -0.2) is 4.98 Å². The topological polar surface area (TPSA) is 53.4 Å². The van der Waals surface area contributed by atoms with Crippen LogP contribution in [-0.4, -0.2) is 30.2 Å². The fourth-order valence-electron chi connectivity index (χ4n) is 1.52. The molecule has 4 nitrogen and oxygen atoms in total. The van der Waals surface area contributed by atoms with E-state index in [4.69, 9.17) is 5.11 Å². The molecular weight excluding hydrogens is 204 g/mol. The lowest BCUT2D eigenvalue weighted by molar-refractivity contribution is -0.146. The molecular formula is C12H18N2O2. The zero-order valence-corrected chi connectivity index (χ0v) is 10.2. The molecule has 0 saturated carbocycles. The Bertz CT molecular complexity index is 386. The van der Waals surface area contributed by atoms with Gasteiger partial charge in [-0.15, -0.1) is 0 Å². The van der Waals surface area contributed by atoms with Gasteiger partial charge in [-0.3, -0.25) is 4.79 Å². The van der Waals surface area contributed by atoms with Gasteiger partial charge in [0.05, 0.1) is 5.41 Å². The highest BCUT2D eigenvalue weighted by Gasteiger charge is 2.28. The molecule has 0 radical (unpaired) electrons. The number of hydrogen-bond acceptors (Lipinski definition) is 3. The standard InChI is InChI=1S/C12H18N2O2/c1-12(2,11(15)16)8-9-6-5-7-13-10(9)14(3)4/h5-7H,8H2,1-4H3,(H,15,16).